The van der Waals surface area contributed by atoms with Crippen LogP contribution in [-0.2, 0) is 9.53 Å². The zero-order valence-corrected chi connectivity index (χ0v) is 8.42. The first-order valence-corrected chi connectivity index (χ1v) is 5.46. The molecule has 2 aliphatic rings. The number of nitrogens with one attached hydrogen (secondary N) is 2. The average Bonchev–Trinajstić information content (AvgIpc) is 3.00. The Morgan fingerprint density at radius 2 is 2.29 bits per heavy atom. The molecule has 1 aliphatic carbocycles. The van der Waals surface area contributed by atoms with E-state index in [1.54, 1.807) is 0 Å². The van der Waals surface area contributed by atoms with Gasteiger partial charge in [0.2, 0.25) is 5.91 Å². The maximum absolute atomic E-state index is 11.3. The molecule has 14 heavy (non-hydrogen) atoms. The molecule has 2 rings (SSSR count). The van der Waals surface area contributed by atoms with Gasteiger partial charge in [0.15, 0.2) is 0 Å². The zero-order valence-electron chi connectivity index (χ0n) is 8.42. The normalized spacial score (nSPS) is 27.3. The van der Waals surface area contributed by atoms with Gasteiger partial charge >= 0.3 is 0 Å². The highest BCUT2D eigenvalue weighted by molar-refractivity contribution is 5.77. The Kier molecular flexibility index (Phi) is 3.37. The summed E-state index contributed by atoms with van der Waals surface area (Å²) in [6.07, 6.45) is 4.72. The number of hydrogen-bond acceptors (Lipinski definition) is 3. The summed E-state index contributed by atoms with van der Waals surface area (Å²) in [5, 5.41) is 6.16. The third kappa shape index (κ3) is 3.27. The van der Waals surface area contributed by atoms with Gasteiger partial charge in [-0.1, -0.05) is 0 Å². The molecule has 0 aromatic rings. The van der Waals surface area contributed by atoms with E-state index in [0.717, 1.165) is 38.8 Å². The quantitative estimate of drug-likeness (QED) is 0.670. The van der Waals surface area contributed by atoms with Gasteiger partial charge < -0.3 is 15.4 Å². The monoisotopic (exact) mass is 198 g/mol. The molecule has 2 fully saturated rings. The molecule has 1 heterocycles. The van der Waals surface area contributed by atoms with Crippen molar-refractivity contribution in [1.82, 2.24) is 10.6 Å². The van der Waals surface area contributed by atoms with Crippen LogP contribution in [0.15, 0.2) is 0 Å². The Morgan fingerprint density at radius 3 is 2.93 bits per heavy atom. The molecule has 1 saturated carbocycles. The fraction of sp³-hybridized carbons (Fsp3) is 0.900. The van der Waals surface area contributed by atoms with Crippen molar-refractivity contribution in [1.29, 1.82) is 0 Å². The fourth-order valence-corrected chi connectivity index (χ4v) is 1.65. The summed E-state index contributed by atoms with van der Waals surface area (Å²) in [4.78, 5) is 11.3. The van der Waals surface area contributed by atoms with Gasteiger partial charge in [-0.25, -0.2) is 0 Å². The third-order valence-electron chi connectivity index (χ3n) is 2.64. The summed E-state index contributed by atoms with van der Waals surface area (Å²) in [6, 6.07) is 0.440. The van der Waals surface area contributed by atoms with Gasteiger partial charge in [-0.3, -0.25) is 4.79 Å². The predicted octanol–water partition coefficient (Wildman–Crippen LogP) is 0.0336. The van der Waals surface area contributed by atoms with Crippen molar-refractivity contribution >= 4 is 5.91 Å². The molecule has 0 radical (unpaired) electrons. The van der Waals surface area contributed by atoms with E-state index in [4.69, 9.17) is 4.74 Å². The van der Waals surface area contributed by atoms with Crippen LogP contribution in [0.3, 0.4) is 0 Å². The first kappa shape index (κ1) is 9.93. The smallest absolute Gasteiger partial charge is 0.246 e. The fourth-order valence-electron chi connectivity index (χ4n) is 1.65. The maximum Gasteiger partial charge on any atom is 0.246 e. The van der Waals surface area contributed by atoms with Crippen LogP contribution >= 0.6 is 0 Å². The molecule has 0 bridgehead atoms. The van der Waals surface area contributed by atoms with Gasteiger partial charge in [0.25, 0.3) is 0 Å². The number of amides is 1. The molecule has 1 saturated heterocycles. The lowest BCUT2D eigenvalue weighted by molar-refractivity contribution is -0.128. The van der Waals surface area contributed by atoms with Crippen LogP contribution < -0.4 is 10.6 Å². The molecule has 4 nitrogen and oxygen atoms in total. The zero-order chi connectivity index (χ0) is 9.80. The topological polar surface area (TPSA) is 50.4 Å². The van der Waals surface area contributed by atoms with Crippen molar-refractivity contribution in [3.05, 3.63) is 0 Å². The highest BCUT2D eigenvalue weighted by Crippen LogP contribution is 2.18. The number of carbonyl (C=O) groups excluding carboxylic acids is 1. The summed E-state index contributed by atoms with van der Waals surface area (Å²) in [7, 11) is 0. The van der Waals surface area contributed by atoms with E-state index in [1.165, 1.54) is 0 Å². The number of rotatable bonds is 4. The minimum Gasteiger partial charge on any atom is -0.367 e. The summed E-state index contributed by atoms with van der Waals surface area (Å²) in [5.41, 5.74) is 0. The third-order valence-corrected chi connectivity index (χ3v) is 2.64. The first-order chi connectivity index (χ1) is 6.84. The summed E-state index contributed by atoms with van der Waals surface area (Å²) < 4.78 is 5.50. The molecule has 1 aliphatic heterocycles. The Balaban J connectivity index is 1.57. The van der Waals surface area contributed by atoms with Crippen LogP contribution in [0.5, 0.6) is 0 Å². The Labute approximate surface area is 84.4 Å². The minimum absolute atomic E-state index is 0.0399. The minimum atomic E-state index is 0.0399. The molecule has 1 unspecified atom stereocenters. The van der Waals surface area contributed by atoms with Crippen molar-refractivity contribution in [2.75, 3.05) is 19.7 Å². The summed E-state index contributed by atoms with van der Waals surface area (Å²) in [5.74, 6) is 0.0399. The van der Waals surface area contributed by atoms with E-state index in [0.29, 0.717) is 6.04 Å². The Hall–Kier alpha value is -0.610. The van der Waals surface area contributed by atoms with Crippen LogP contribution in [0.1, 0.15) is 25.7 Å². The molecule has 0 spiro atoms. The maximum atomic E-state index is 11.3. The van der Waals surface area contributed by atoms with Crippen LogP contribution in [-0.4, -0.2) is 37.7 Å². The van der Waals surface area contributed by atoms with Gasteiger partial charge in [-0.2, -0.15) is 0 Å². The van der Waals surface area contributed by atoms with Crippen LogP contribution in [0.4, 0.5) is 0 Å². The molecular weight excluding hydrogens is 180 g/mol. The second kappa shape index (κ2) is 4.75. The number of ether oxygens (including phenoxy) is 1. The standard InChI is InChI=1S/C10H18N2O2/c13-10(12-8-3-4-8)7-14-9-2-1-5-11-6-9/h8-9,11H,1-7H2,(H,12,13). The predicted molar refractivity (Wildman–Crippen MR) is 53.0 cm³/mol. The number of carbonyl (C=O) groups is 1. The van der Waals surface area contributed by atoms with E-state index < -0.39 is 0 Å². The lowest BCUT2D eigenvalue weighted by Gasteiger charge is -2.22. The van der Waals surface area contributed by atoms with Crippen molar-refractivity contribution in [2.24, 2.45) is 0 Å². The van der Waals surface area contributed by atoms with Gasteiger partial charge in [0.05, 0.1) is 6.10 Å². The molecule has 4 heteroatoms. The van der Waals surface area contributed by atoms with Gasteiger partial charge in [-0.05, 0) is 32.2 Å². The molecule has 0 aromatic carbocycles. The molecule has 0 aromatic heterocycles. The second-order valence-electron chi connectivity index (χ2n) is 4.12. The lowest BCUT2D eigenvalue weighted by Crippen LogP contribution is -2.38. The largest absolute Gasteiger partial charge is 0.367 e. The molecule has 80 valence electrons. The Bertz CT molecular complexity index is 198. The SMILES string of the molecule is O=C(COC1CCCNC1)NC1CC1. The number of hydrogen-bond donors (Lipinski definition) is 2. The number of piperidine rings is 1. The average molecular weight is 198 g/mol. The summed E-state index contributed by atoms with van der Waals surface area (Å²) >= 11 is 0. The summed E-state index contributed by atoms with van der Waals surface area (Å²) in [6.45, 7) is 2.19. The van der Waals surface area contributed by atoms with Crippen molar-refractivity contribution in [3.8, 4) is 0 Å². The van der Waals surface area contributed by atoms with Gasteiger partial charge in [0, 0.05) is 12.6 Å². The second-order valence-corrected chi connectivity index (χ2v) is 4.12. The first-order valence-electron chi connectivity index (χ1n) is 5.46. The highest BCUT2D eigenvalue weighted by atomic mass is 16.5. The van der Waals surface area contributed by atoms with Crippen molar-refractivity contribution in [2.45, 2.75) is 37.8 Å². The van der Waals surface area contributed by atoms with Crippen molar-refractivity contribution in [3.63, 3.8) is 0 Å². The van der Waals surface area contributed by atoms with Crippen LogP contribution in [0.2, 0.25) is 0 Å². The molecule has 1 atom stereocenters. The molecule has 2 N–H and O–H groups in total. The Morgan fingerprint density at radius 1 is 1.43 bits per heavy atom. The van der Waals surface area contributed by atoms with Crippen LogP contribution in [0.25, 0.3) is 0 Å². The lowest BCUT2D eigenvalue weighted by atomic mass is 10.1. The van der Waals surface area contributed by atoms with Crippen molar-refractivity contribution < 1.29 is 9.53 Å². The van der Waals surface area contributed by atoms with E-state index in [2.05, 4.69) is 10.6 Å². The van der Waals surface area contributed by atoms with Gasteiger partial charge in [0.1, 0.15) is 6.61 Å². The van der Waals surface area contributed by atoms with E-state index >= 15 is 0 Å². The van der Waals surface area contributed by atoms with Crippen LogP contribution in [0, 0.1) is 0 Å². The van der Waals surface area contributed by atoms with Gasteiger partial charge in [-0.15, -0.1) is 0 Å². The highest BCUT2D eigenvalue weighted by Gasteiger charge is 2.23. The van der Waals surface area contributed by atoms with E-state index in [9.17, 15) is 4.79 Å². The van der Waals surface area contributed by atoms with E-state index in [-0.39, 0.29) is 18.6 Å². The molecule has 1 amide bonds. The molecular formula is C10H18N2O2. The van der Waals surface area contributed by atoms with E-state index in [1.807, 2.05) is 0 Å².